The fraction of sp³-hybridized carbons (Fsp3) is 0.353. The Bertz CT molecular complexity index is 919. The maximum atomic E-state index is 13.3. The minimum absolute atomic E-state index is 0.00629. The monoisotopic (exact) mass is 343 g/mol. The summed E-state index contributed by atoms with van der Waals surface area (Å²) in [6, 6.07) is 4.75. The number of fused-ring (bicyclic) bond motifs is 1. The lowest BCUT2D eigenvalue weighted by atomic mass is 10.1. The molecule has 0 spiro atoms. The van der Waals surface area contributed by atoms with Gasteiger partial charge in [0, 0.05) is 38.4 Å². The van der Waals surface area contributed by atoms with Crippen LogP contribution in [0.5, 0.6) is 0 Å². The summed E-state index contributed by atoms with van der Waals surface area (Å²) in [4.78, 5) is 18.7. The summed E-state index contributed by atoms with van der Waals surface area (Å²) in [6.45, 7) is 1.38. The average molecular weight is 343 g/mol. The molecule has 0 radical (unpaired) electrons. The zero-order valence-corrected chi connectivity index (χ0v) is 13.8. The molecule has 1 aliphatic rings. The Morgan fingerprint density at radius 3 is 3.12 bits per heavy atom. The van der Waals surface area contributed by atoms with Crippen LogP contribution in [0, 0.1) is 5.82 Å². The number of nitrogens with one attached hydrogen (secondary N) is 1. The molecule has 0 bridgehead atoms. The zero-order valence-electron chi connectivity index (χ0n) is 13.8. The fourth-order valence-electron chi connectivity index (χ4n) is 3.10. The summed E-state index contributed by atoms with van der Waals surface area (Å²) in [7, 11) is 1.77. The number of rotatable bonds is 3. The molecule has 8 heteroatoms. The number of nitrogens with zero attached hydrogens (tertiary/aromatic N) is 4. The number of anilines is 1. The van der Waals surface area contributed by atoms with Crippen molar-refractivity contribution >= 4 is 23.0 Å². The van der Waals surface area contributed by atoms with E-state index in [1.54, 1.807) is 30.2 Å². The molecule has 25 heavy (non-hydrogen) atoms. The minimum atomic E-state index is -0.351. The quantitative estimate of drug-likeness (QED) is 0.788. The first-order chi connectivity index (χ1) is 12.1. The maximum absolute atomic E-state index is 13.3. The fourth-order valence-corrected chi connectivity index (χ4v) is 3.10. The second-order valence-electron chi connectivity index (χ2n) is 6.27. The summed E-state index contributed by atoms with van der Waals surface area (Å²) in [6.07, 6.45) is 5.03. The number of oxazole rings is 1. The molecule has 2 aromatic heterocycles. The van der Waals surface area contributed by atoms with Crippen molar-refractivity contribution in [3.63, 3.8) is 0 Å². The van der Waals surface area contributed by atoms with Gasteiger partial charge >= 0.3 is 0 Å². The van der Waals surface area contributed by atoms with Crippen LogP contribution in [-0.4, -0.2) is 39.8 Å². The lowest BCUT2D eigenvalue weighted by molar-refractivity contribution is 0.0932. The summed E-state index contributed by atoms with van der Waals surface area (Å²) in [5, 5.41) is 7.04. The van der Waals surface area contributed by atoms with E-state index < -0.39 is 0 Å². The number of aryl methyl sites for hydroxylation is 1. The minimum Gasteiger partial charge on any atom is -0.423 e. The highest BCUT2D eigenvalue weighted by atomic mass is 19.1. The van der Waals surface area contributed by atoms with Gasteiger partial charge in [-0.3, -0.25) is 9.48 Å². The van der Waals surface area contributed by atoms with Gasteiger partial charge in [0.15, 0.2) is 5.58 Å². The van der Waals surface area contributed by atoms with Crippen LogP contribution in [0.2, 0.25) is 0 Å². The van der Waals surface area contributed by atoms with Gasteiger partial charge in [-0.1, -0.05) is 0 Å². The lowest BCUT2D eigenvalue weighted by Crippen LogP contribution is -2.47. The summed E-state index contributed by atoms with van der Waals surface area (Å²) < 4.78 is 20.6. The Morgan fingerprint density at radius 2 is 2.32 bits per heavy atom. The maximum Gasteiger partial charge on any atom is 0.298 e. The molecule has 3 aromatic rings. The van der Waals surface area contributed by atoms with Gasteiger partial charge in [0.1, 0.15) is 11.3 Å². The molecule has 1 amide bonds. The van der Waals surface area contributed by atoms with Gasteiger partial charge in [-0.25, -0.2) is 4.39 Å². The van der Waals surface area contributed by atoms with Crippen molar-refractivity contribution in [2.45, 2.75) is 18.9 Å². The van der Waals surface area contributed by atoms with E-state index >= 15 is 0 Å². The van der Waals surface area contributed by atoms with Gasteiger partial charge in [-0.2, -0.15) is 10.1 Å². The Kier molecular flexibility index (Phi) is 3.87. The topological polar surface area (TPSA) is 76.2 Å². The molecule has 1 aliphatic heterocycles. The number of aromatic nitrogens is 3. The third-order valence-electron chi connectivity index (χ3n) is 4.33. The first-order valence-corrected chi connectivity index (χ1v) is 8.19. The first kappa shape index (κ1) is 15.6. The van der Waals surface area contributed by atoms with Gasteiger partial charge in [0.05, 0.1) is 11.8 Å². The molecular formula is C17H18FN5O2. The van der Waals surface area contributed by atoms with E-state index in [2.05, 4.69) is 15.4 Å². The number of halogens is 1. The Labute approximate surface area is 143 Å². The van der Waals surface area contributed by atoms with Crippen LogP contribution in [0.15, 0.2) is 35.0 Å². The van der Waals surface area contributed by atoms with E-state index in [0.29, 0.717) is 29.2 Å². The van der Waals surface area contributed by atoms with Crippen molar-refractivity contribution in [1.29, 1.82) is 0 Å². The first-order valence-electron chi connectivity index (χ1n) is 8.19. The predicted molar refractivity (Wildman–Crippen MR) is 89.9 cm³/mol. The standard InChI is InChI=1S/C17H18FN5O2/c1-22-9-11(8-19-22)16(24)20-13-3-2-6-23(10-13)17-21-14-5-4-12(18)7-15(14)25-17/h4-5,7-9,13H,2-3,6,10H2,1H3,(H,20,24). The molecule has 3 heterocycles. The lowest BCUT2D eigenvalue weighted by Gasteiger charge is -2.31. The molecule has 130 valence electrons. The van der Waals surface area contributed by atoms with E-state index in [1.807, 2.05) is 4.90 Å². The van der Waals surface area contributed by atoms with Crippen LogP contribution in [0.25, 0.3) is 11.1 Å². The van der Waals surface area contributed by atoms with Crippen molar-refractivity contribution in [1.82, 2.24) is 20.1 Å². The summed E-state index contributed by atoms with van der Waals surface area (Å²) in [5.74, 6) is -0.491. The number of benzene rings is 1. The third kappa shape index (κ3) is 3.19. The molecule has 4 rings (SSSR count). The highest BCUT2D eigenvalue weighted by Crippen LogP contribution is 2.25. The molecular weight excluding hydrogens is 325 g/mol. The van der Waals surface area contributed by atoms with Crippen molar-refractivity contribution in [3.05, 3.63) is 42.0 Å². The largest absolute Gasteiger partial charge is 0.423 e. The van der Waals surface area contributed by atoms with Gasteiger partial charge in [0.2, 0.25) is 0 Å². The number of carbonyl (C=O) groups is 1. The average Bonchev–Trinajstić information content (AvgIpc) is 3.21. The number of piperidine rings is 1. The Morgan fingerprint density at radius 1 is 1.44 bits per heavy atom. The van der Waals surface area contributed by atoms with Gasteiger partial charge in [-0.15, -0.1) is 0 Å². The summed E-state index contributed by atoms with van der Waals surface area (Å²) >= 11 is 0. The third-order valence-corrected chi connectivity index (χ3v) is 4.33. The van der Waals surface area contributed by atoms with E-state index in [9.17, 15) is 9.18 Å². The molecule has 1 saturated heterocycles. The second-order valence-corrected chi connectivity index (χ2v) is 6.27. The summed E-state index contributed by atoms with van der Waals surface area (Å²) in [5.41, 5.74) is 1.59. The smallest absolute Gasteiger partial charge is 0.298 e. The molecule has 0 saturated carbocycles. The predicted octanol–water partition coefficient (Wildman–Crippen LogP) is 2.10. The number of amides is 1. The van der Waals surface area contributed by atoms with Crippen molar-refractivity contribution in [2.24, 2.45) is 7.05 Å². The number of hydrogen-bond donors (Lipinski definition) is 1. The van der Waals surface area contributed by atoms with Crippen LogP contribution in [0.1, 0.15) is 23.2 Å². The van der Waals surface area contributed by atoms with E-state index in [1.165, 1.54) is 12.1 Å². The van der Waals surface area contributed by atoms with Crippen LogP contribution in [0.4, 0.5) is 10.4 Å². The normalized spacial score (nSPS) is 17.8. The van der Waals surface area contributed by atoms with Gasteiger partial charge in [0.25, 0.3) is 11.9 Å². The van der Waals surface area contributed by atoms with E-state index in [4.69, 9.17) is 4.42 Å². The van der Waals surface area contributed by atoms with E-state index in [-0.39, 0.29) is 17.8 Å². The molecule has 0 aliphatic carbocycles. The van der Waals surface area contributed by atoms with Crippen LogP contribution < -0.4 is 10.2 Å². The van der Waals surface area contributed by atoms with Crippen molar-refractivity contribution < 1.29 is 13.6 Å². The molecule has 1 atom stereocenters. The van der Waals surface area contributed by atoms with Crippen molar-refractivity contribution in [2.75, 3.05) is 18.0 Å². The van der Waals surface area contributed by atoms with Crippen LogP contribution in [-0.2, 0) is 7.05 Å². The van der Waals surface area contributed by atoms with Crippen LogP contribution >= 0.6 is 0 Å². The van der Waals surface area contributed by atoms with Crippen LogP contribution in [0.3, 0.4) is 0 Å². The highest BCUT2D eigenvalue weighted by Gasteiger charge is 2.25. The second kappa shape index (κ2) is 6.19. The molecule has 7 nitrogen and oxygen atoms in total. The van der Waals surface area contributed by atoms with Gasteiger partial charge in [-0.05, 0) is 25.0 Å². The highest BCUT2D eigenvalue weighted by molar-refractivity contribution is 5.93. The SMILES string of the molecule is Cn1cc(C(=O)NC2CCCN(c3nc4ccc(F)cc4o3)C2)cn1. The number of hydrogen-bond acceptors (Lipinski definition) is 5. The van der Waals surface area contributed by atoms with Crippen molar-refractivity contribution in [3.8, 4) is 0 Å². The molecule has 1 aromatic carbocycles. The molecule has 1 unspecified atom stereocenters. The van der Waals surface area contributed by atoms with E-state index in [0.717, 1.165) is 19.4 Å². The van der Waals surface area contributed by atoms with Gasteiger partial charge < -0.3 is 14.6 Å². The molecule has 1 N–H and O–H groups in total. The Hall–Kier alpha value is -2.90. The molecule has 1 fully saturated rings. The Balaban J connectivity index is 1.47. The number of carbonyl (C=O) groups excluding carboxylic acids is 1. The zero-order chi connectivity index (χ0) is 17.4.